The van der Waals surface area contributed by atoms with Crippen LogP contribution in [0.15, 0.2) is 24.3 Å². The van der Waals surface area contributed by atoms with E-state index in [9.17, 15) is 9.59 Å². The van der Waals surface area contributed by atoms with E-state index in [1.807, 2.05) is 0 Å². The summed E-state index contributed by atoms with van der Waals surface area (Å²) in [4.78, 5) is 23.1. The lowest BCUT2D eigenvalue weighted by atomic mass is 10.2. The maximum Gasteiger partial charge on any atom is 0.341 e. The number of carbonyl (C=O) groups excluding carboxylic acids is 2. The molecule has 6 heteroatoms. The van der Waals surface area contributed by atoms with Gasteiger partial charge in [-0.15, -0.1) is 0 Å². The zero-order chi connectivity index (χ0) is 14.5. The van der Waals surface area contributed by atoms with Crippen LogP contribution in [-0.2, 0) is 14.3 Å². The fourth-order valence-electron chi connectivity index (χ4n) is 2.14. The Hall–Kier alpha value is -2.08. The minimum Gasteiger partial charge on any atom is -0.488 e. The summed E-state index contributed by atoms with van der Waals surface area (Å²) in [5.74, 6) is -0.301. The molecule has 0 amide bonds. The summed E-state index contributed by atoms with van der Waals surface area (Å²) in [5.41, 5.74) is 0.372. The summed E-state index contributed by atoms with van der Waals surface area (Å²) < 4.78 is 15.2. The molecule has 1 heterocycles. The molecule has 0 spiro atoms. The number of nitrogens with one attached hydrogen (secondary N) is 1. The maximum atomic E-state index is 11.6. The van der Waals surface area contributed by atoms with Gasteiger partial charge in [-0.05, 0) is 12.1 Å². The Morgan fingerprint density at radius 2 is 1.95 bits per heavy atom. The van der Waals surface area contributed by atoms with E-state index in [-0.39, 0.29) is 18.1 Å². The molecule has 2 atom stereocenters. The number of rotatable bonds is 4. The van der Waals surface area contributed by atoms with E-state index in [0.717, 1.165) is 0 Å². The fourth-order valence-corrected chi connectivity index (χ4v) is 2.14. The molecule has 1 aromatic rings. The van der Waals surface area contributed by atoms with Gasteiger partial charge in [-0.3, -0.25) is 4.79 Å². The third-order valence-corrected chi connectivity index (χ3v) is 3.16. The van der Waals surface area contributed by atoms with E-state index < -0.39 is 5.97 Å². The number of benzene rings is 1. The van der Waals surface area contributed by atoms with Crippen LogP contribution in [-0.4, -0.2) is 44.8 Å². The van der Waals surface area contributed by atoms with E-state index >= 15 is 0 Å². The molecule has 0 radical (unpaired) electrons. The van der Waals surface area contributed by atoms with Crippen molar-refractivity contribution in [1.82, 2.24) is 5.32 Å². The molecule has 20 heavy (non-hydrogen) atoms. The van der Waals surface area contributed by atoms with E-state index in [4.69, 9.17) is 9.47 Å². The highest BCUT2D eigenvalue weighted by Crippen LogP contribution is 2.23. The largest absolute Gasteiger partial charge is 0.488 e. The first-order chi connectivity index (χ1) is 9.65. The molecule has 0 aliphatic carbocycles. The van der Waals surface area contributed by atoms with Crippen molar-refractivity contribution in [3.8, 4) is 5.75 Å². The topological polar surface area (TPSA) is 73.9 Å². The first-order valence-electron chi connectivity index (χ1n) is 6.31. The van der Waals surface area contributed by atoms with Gasteiger partial charge >= 0.3 is 11.9 Å². The van der Waals surface area contributed by atoms with Crippen molar-refractivity contribution in [2.24, 2.45) is 0 Å². The molecular weight excluding hydrogens is 262 g/mol. The molecule has 0 saturated carbocycles. The molecule has 1 aliphatic rings. The van der Waals surface area contributed by atoms with Gasteiger partial charge in [0.25, 0.3) is 0 Å². The Morgan fingerprint density at radius 3 is 2.65 bits per heavy atom. The molecule has 1 N–H and O–H groups in total. The first kappa shape index (κ1) is 14.3. The van der Waals surface area contributed by atoms with Gasteiger partial charge in [-0.25, -0.2) is 4.79 Å². The molecule has 6 nitrogen and oxygen atoms in total. The fraction of sp³-hybridized carbons (Fsp3) is 0.429. The highest BCUT2D eigenvalue weighted by atomic mass is 16.5. The summed E-state index contributed by atoms with van der Waals surface area (Å²) in [5, 5.41) is 3.02. The normalized spacial score (nSPS) is 21.3. The van der Waals surface area contributed by atoms with Crippen molar-refractivity contribution in [3.63, 3.8) is 0 Å². The van der Waals surface area contributed by atoms with Crippen LogP contribution in [0, 0.1) is 0 Å². The molecule has 0 bridgehead atoms. The third kappa shape index (κ3) is 3.08. The maximum absolute atomic E-state index is 11.6. The second-order valence-electron chi connectivity index (χ2n) is 4.45. The molecule has 0 unspecified atom stereocenters. The molecular formula is C14H17NO5. The summed E-state index contributed by atoms with van der Waals surface area (Å²) >= 11 is 0. The van der Waals surface area contributed by atoms with Gasteiger partial charge in [0.1, 0.15) is 23.5 Å². The lowest BCUT2D eigenvalue weighted by Crippen LogP contribution is -2.31. The molecule has 2 rings (SSSR count). The van der Waals surface area contributed by atoms with Gasteiger partial charge in [-0.1, -0.05) is 12.1 Å². The number of hydrogen-bond donors (Lipinski definition) is 1. The Morgan fingerprint density at radius 1 is 1.20 bits per heavy atom. The molecule has 108 valence electrons. The van der Waals surface area contributed by atoms with Gasteiger partial charge in [0.15, 0.2) is 0 Å². The predicted molar refractivity (Wildman–Crippen MR) is 70.6 cm³/mol. The van der Waals surface area contributed by atoms with Crippen molar-refractivity contribution < 1.29 is 23.8 Å². The monoisotopic (exact) mass is 279 g/mol. The molecule has 0 aromatic heterocycles. The Labute approximate surface area is 117 Å². The third-order valence-electron chi connectivity index (χ3n) is 3.16. The zero-order valence-corrected chi connectivity index (χ0v) is 11.4. The number of carbonyl (C=O) groups is 2. The summed E-state index contributed by atoms with van der Waals surface area (Å²) in [7, 11) is 2.67. The van der Waals surface area contributed by atoms with Crippen LogP contribution >= 0.6 is 0 Å². The Balaban J connectivity index is 2.05. The van der Waals surface area contributed by atoms with Crippen molar-refractivity contribution in [2.45, 2.75) is 18.6 Å². The minimum absolute atomic E-state index is 0.190. The summed E-state index contributed by atoms with van der Waals surface area (Å²) in [6.07, 6.45) is 0.312. The van der Waals surface area contributed by atoms with E-state index in [1.165, 1.54) is 14.2 Å². The van der Waals surface area contributed by atoms with Crippen LogP contribution in [0.3, 0.4) is 0 Å². The smallest absolute Gasteiger partial charge is 0.341 e. The molecule has 1 fully saturated rings. The number of esters is 2. The van der Waals surface area contributed by atoms with Crippen LogP contribution < -0.4 is 10.1 Å². The van der Waals surface area contributed by atoms with Gasteiger partial charge in [0.2, 0.25) is 0 Å². The SMILES string of the molecule is COC(=O)c1ccccc1O[C@@H]1CN[C@H](C(=O)OC)C1. The van der Waals surface area contributed by atoms with Crippen LogP contribution in [0.1, 0.15) is 16.8 Å². The van der Waals surface area contributed by atoms with Crippen LogP contribution in [0.5, 0.6) is 5.75 Å². The zero-order valence-electron chi connectivity index (χ0n) is 11.4. The lowest BCUT2D eigenvalue weighted by Gasteiger charge is -2.15. The highest BCUT2D eigenvalue weighted by Gasteiger charge is 2.32. The standard InChI is InChI=1S/C14H17NO5/c1-18-13(16)10-5-3-4-6-12(10)20-9-7-11(15-8-9)14(17)19-2/h3-6,9,11,15H,7-8H2,1-2H3/t9-,11-/m0/s1. The number of para-hydroxylation sites is 1. The Bertz CT molecular complexity index is 502. The molecule has 1 saturated heterocycles. The average Bonchev–Trinajstić information content (AvgIpc) is 2.94. The second kappa shape index (κ2) is 6.38. The van der Waals surface area contributed by atoms with Crippen LogP contribution in [0.25, 0.3) is 0 Å². The Kier molecular flexibility index (Phi) is 4.57. The van der Waals surface area contributed by atoms with Gasteiger partial charge in [-0.2, -0.15) is 0 Å². The first-order valence-corrected chi connectivity index (χ1v) is 6.31. The highest BCUT2D eigenvalue weighted by molar-refractivity contribution is 5.92. The lowest BCUT2D eigenvalue weighted by molar-refractivity contribution is -0.142. The number of methoxy groups -OCH3 is 2. The van der Waals surface area contributed by atoms with E-state index in [2.05, 4.69) is 10.1 Å². The quantitative estimate of drug-likeness (QED) is 0.820. The van der Waals surface area contributed by atoms with Crippen LogP contribution in [0.4, 0.5) is 0 Å². The van der Waals surface area contributed by atoms with Gasteiger partial charge < -0.3 is 19.5 Å². The number of ether oxygens (including phenoxy) is 3. The van der Waals surface area contributed by atoms with E-state index in [0.29, 0.717) is 24.3 Å². The van der Waals surface area contributed by atoms with Gasteiger partial charge in [0.05, 0.1) is 14.2 Å². The molecule has 1 aromatic carbocycles. The van der Waals surface area contributed by atoms with Crippen molar-refractivity contribution in [1.29, 1.82) is 0 Å². The summed E-state index contributed by atoms with van der Waals surface area (Å²) in [6, 6.07) is 6.50. The molecule has 1 aliphatic heterocycles. The van der Waals surface area contributed by atoms with Crippen molar-refractivity contribution >= 4 is 11.9 Å². The minimum atomic E-state index is -0.448. The van der Waals surface area contributed by atoms with Gasteiger partial charge in [0, 0.05) is 13.0 Å². The van der Waals surface area contributed by atoms with Crippen molar-refractivity contribution in [3.05, 3.63) is 29.8 Å². The number of hydrogen-bond acceptors (Lipinski definition) is 6. The van der Waals surface area contributed by atoms with Crippen molar-refractivity contribution in [2.75, 3.05) is 20.8 Å². The average molecular weight is 279 g/mol. The summed E-state index contributed by atoms with van der Waals surface area (Å²) in [6.45, 7) is 0.523. The predicted octanol–water partition coefficient (Wildman–Crippen LogP) is 0.755. The second-order valence-corrected chi connectivity index (χ2v) is 4.45. The van der Waals surface area contributed by atoms with Crippen LogP contribution in [0.2, 0.25) is 0 Å². The van der Waals surface area contributed by atoms with E-state index in [1.54, 1.807) is 24.3 Å².